The zero-order chi connectivity index (χ0) is 15.8. The van der Waals surface area contributed by atoms with Crippen LogP contribution in [0.1, 0.15) is 5.56 Å². The second-order valence-electron chi connectivity index (χ2n) is 4.66. The fourth-order valence-electron chi connectivity index (χ4n) is 1.82. The second-order valence-corrected chi connectivity index (χ2v) is 5.72. The molecule has 0 amide bonds. The van der Waals surface area contributed by atoms with Gasteiger partial charge in [-0.05, 0) is 17.7 Å². The molecular weight excluding hydrogens is 298 g/mol. The molecule has 0 saturated heterocycles. The van der Waals surface area contributed by atoms with E-state index in [4.69, 9.17) is 10.5 Å². The summed E-state index contributed by atoms with van der Waals surface area (Å²) >= 11 is 1.48. The van der Waals surface area contributed by atoms with E-state index in [1.54, 1.807) is 0 Å². The van der Waals surface area contributed by atoms with Crippen molar-refractivity contribution in [2.75, 3.05) is 12.9 Å². The third-order valence-corrected chi connectivity index (χ3v) is 4.18. The number of esters is 1. The molecule has 0 saturated carbocycles. The van der Waals surface area contributed by atoms with Crippen LogP contribution in [0.4, 0.5) is 0 Å². The molecule has 2 aromatic carbocycles. The van der Waals surface area contributed by atoms with Crippen molar-refractivity contribution in [2.24, 2.45) is 5.73 Å². The molecule has 0 heterocycles. The van der Waals surface area contributed by atoms with Gasteiger partial charge in [-0.15, -0.1) is 11.8 Å². The largest absolute Gasteiger partial charge is 0.488 e. The minimum Gasteiger partial charge on any atom is -0.488 e. The van der Waals surface area contributed by atoms with Gasteiger partial charge < -0.3 is 15.2 Å². The Morgan fingerprint density at radius 2 is 1.82 bits per heavy atom. The van der Waals surface area contributed by atoms with Crippen LogP contribution in [0.3, 0.4) is 0 Å². The maximum absolute atomic E-state index is 11.3. The van der Waals surface area contributed by atoms with E-state index in [-0.39, 0.29) is 0 Å². The average Bonchev–Trinajstić information content (AvgIpc) is 2.58. The molecule has 2 aromatic rings. The van der Waals surface area contributed by atoms with Gasteiger partial charge in [-0.3, -0.25) is 4.79 Å². The minimum atomic E-state index is -0.642. The molecule has 0 aromatic heterocycles. The fraction of sp³-hybridized carbons (Fsp3) is 0.235. The highest BCUT2D eigenvalue weighted by Gasteiger charge is 2.15. The van der Waals surface area contributed by atoms with Crippen LogP contribution in [0.5, 0.6) is 5.75 Å². The lowest BCUT2D eigenvalue weighted by Crippen LogP contribution is -2.33. The molecule has 22 heavy (non-hydrogen) atoms. The van der Waals surface area contributed by atoms with Gasteiger partial charge in [-0.2, -0.15) is 0 Å². The standard InChI is InChI=1S/C17H19NO3S/c1-20-17(19)14(18)12-22-16-10-6-5-9-15(16)21-11-13-7-3-2-4-8-13/h2-10,14H,11-12,18H2,1H3/t14-/m1/s1. The molecule has 4 nitrogen and oxygen atoms in total. The molecule has 0 aliphatic carbocycles. The second kappa shape index (κ2) is 8.46. The Morgan fingerprint density at radius 3 is 2.55 bits per heavy atom. The first-order chi connectivity index (χ1) is 10.7. The van der Waals surface area contributed by atoms with Crippen LogP contribution in [0.25, 0.3) is 0 Å². The number of nitrogens with two attached hydrogens (primary N) is 1. The van der Waals surface area contributed by atoms with E-state index in [0.717, 1.165) is 16.2 Å². The van der Waals surface area contributed by atoms with Gasteiger partial charge in [-0.1, -0.05) is 42.5 Å². The molecule has 0 radical (unpaired) electrons. The van der Waals surface area contributed by atoms with Gasteiger partial charge in [0.05, 0.1) is 7.11 Å². The van der Waals surface area contributed by atoms with Crippen molar-refractivity contribution in [2.45, 2.75) is 17.5 Å². The van der Waals surface area contributed by atoms with Crippen LogP contribution in [0.15, 0.2) is 59.5 Å². The molecule has 2 rings (SSSR count). The highest BCUT2D eigenvalue weighted by molar-refractivity contribution is 7.99. The summed E-state index contributed by atoms with van der Waals surface area (Å²) in [5.41, 5.74) is 6.86. The van der Waals surface area contributed by atoms with Gasteiger partial charge >= 0.3 is 5.97 Å². The van der Waals surface area contributed by atoms with Crippen molar-refractivity contribution in [3.63, 3.8) is 0 Å². The molecule has 0 aliphatic heterocycles. The van der Waals surface area contributed by atoms with Crippen molar-refractivity contribution in [3.05, 3.63) is 60.2 Å². The van der Waals surface area contributed by atoms with Gasteiger partial charge in [0.2, 0.25) is 0 Å². The Balaban J connectivity index is 1.96. The quantitative estimate of drug-likeness (QED) is 0.628. The molecule has 116 valence electrons. The van der Waals surface area contributed by atoms with Crippen molar-refractivity contribution in [1.82, 2.24) is 0 Å². The van der Waals surface area contributed by atoms with Crippen molar-refractivity contribution < 1.29 is 14.3 Å². The maximum atomic E-state index is 11.3. The Labute approximate surface area is 134 Å². The van der Waals surface area contributed by atoms with Crippen LogP contribution < -0.4 is 10.5 Å². The van der Waals surface area contributed by atoms with E-state index in [9.17, 15) is 4.79 Å². The molecule has 1 atom stereocenters. The van der Waals surface area contributed by atoms with Crippen LogP contribution in [0, 0.1) is 0 Å². The topological polar surface area (TPSA) is 61.5 Å². The molecule has 0 aliphatic rings. The molecule has 2 N–H and O–H groups in total. The Morgan fingerprint density at radius 1 is 1.14 bits per heavy atom. The summed E-state index contributed by atoms with van der Waals surface area (Å²) in [7, 11) is 1.34. The van der Waals surface area contributed by atoms with Crippen LogP contribution in [-0.4, -0.2) is 24.9 Å². The highest BCUT2D eigenvalue weighted by atomic mass is 32.2. The zero-order valence-corrected chi connectivity index (χ0v) is 13.2. The maximum Gasteiger partial charge on any atom is 0.323 e. The van der Waals surface area contributed by atoms with Crippen molar-refractivity contribution in [3.8, 4) is 5.75 Å². The summed E-state index contributed by atoms with van der Waals surface area (Å²) in [6.07, 6.45) is 0. The number of hydrogen-bond donors (Lipinski definition) is 1. The minimum absolute atomic E-state index is 0.407. The molecule has 5 heteroatoms. The third kappa shape index (κ3) is 4.79. The number of thioether (sulfide) groups is 1. The highest BCUT2D eigenvalue weighted by Crippen LogP contribution is 2.30. The van der Waals surface area contributed by atoms with E-state index in [0.29, 0.717) is 12.4 Å². The number of methoxy groups -OCH3 is 1. The first kappa shape index (κ1) is 16.4. The number of hydrogen-bond acceptors (Lipinski definition) is 5. The van der Waals surface area contributed by atoms with Crippen molar-refractivity contribution in [1.29, 1.82) is 0 Å². The summed E-state index contributed by atoms with van der Waals surface area (Å²) in [6.45, 7) is 0.501. The molecule has 0 bridgehead atoms. The summed E-state index contributed by atoms with van der Waals surface area (Å²) < 4.78 is 10.5. The average molecular weight is 317 g/mol. The van der Waals surface area contributed by atoms with E-state index in [1.807, 2.05) is 54.6 Å². The van der Waals surface area contributed by atoms with Gasteiger partial charge in [0.1, 0.15) is 18.4 Å². The summed E-state index contributed by atoms with van der Waals surface area (Å²) in [5.74, 6) is 0.821. The summed E-state index contributed by atoms with van der Waals surface area (Å²) in [6, 6.07) is 17.0. The SMILES string of the molecule is COC(=O)[C@H](N)CSc1ccccc1OCc1ccccc1. The molecule has 0 fully saturated rings. The molecular formula is C17H19NO3S. The lowest BCUT2D eigenvalue weighted by atomic mass is 10.2. The zero-order valence-electron chi connectivity index (χ0n) is 12.4. The van der Waals surface area contributed by atoms with E-state index < -0.39 is 12.0 Å². The Kier molecular flexibility index (Phi) is 6.30. The predicted octanol–water partition coefficient (Wildman–Crippen LogP) is 2.86. The number of ether oxygens (including phenoxy) is 2. The van der Waals surface area contributed by atoms with Gasteiger partial charge in [0.15, 0.2) is 0 Å². The Hall–Kier alpha value is -1.98. The first-order valence-corrected chi connectivity index (χ1v) is 7.91. The predicted molar refractivity (Wildman–Crippen MR) is 87.9 cm³/mol. The van der Waals surface area contributed by atoms with Gasteiger partial charge in [0.25, 0.3) is 0 Å². The lowest BCUT2D eigenvalue weighted by Gasteiger charge is -2.13. The smallest absolute Gasteiger partial charge is 0.323 e. The summed E-state index contributed by atoms with van der Waals surface area (Å²) in [4.78, 5) is 12.3. The first-order valence-electron chi connectivity index (χ1n) is 6.92. The van der Waals surface area contributed by atoms with Crippen LogP contribution in [0.2, 0.25) is 0 Å². The normalized spacial score (nSPS) is 11.7. The van der Waals surface area contributed by atoms with Crippen molar-refractivity contribution >= 4 is 17.7 Å². The van der Waals surface area contributed by atoms with E-state index >= 15 is 0 Å². The Bertz CT molecular complexity index is 604. The number of benzene rings is 2. The van der Waals surface area contributed by atoms with E-state index in [2.05, 4.69) is 4.74 Å². The number of rotatable bonds is 7. The number of carbonyl (C=O) groups is 1. The number of carbonyl (C=O) groups excluding carboxylic acids is 1. The molecule has 0 unspecified atom stereocenters. The fourth-order valence-corrected chi connectivity index (χ4v) is 2.76. The van der Waals surface area contributed by atoms with Crippen LogP contribution >= 0.6 is 11.8 Å². The number of para-hydroxylation sites is 1. The van der Waals surface area contributed by atoms with E-state index in [1.165, 1.54) is 18.9 Å². The van der Waals surface area contributed by atoms with Crippen LogP contribution in [-0.2, 0) is 16.1 Å². The summed E-state index contributed by atoms with van der Waals surface area (Å²) in [5, 5.41) is 0. The molecule has 0 spiro atoms. The third-order valence-electron chi connectivity index (χ3n) is 3.01. The lowest BCUT2D eigenvalue weighted by molar-refractivity contribution is -0.141. The van der Waals surface area contributed by atoms with Gasteiger partial charge in [0, 0.05) is 10.6 Å². The van der Waals surface area contributed by atoms with Gasteiger partial charge in [-0.25, -0.2) is 0 Å². The monoisotopic (exact) mass is 317 g/mol.